The van der Waals surface area contributed by atoms with Crippen molar-refractivity contribution in [3.05, 3.63) is 77.1 Å². The van der Waals surface area contributed by atoms with E-state index in [9.17, 15) is 18.0 Å². The summed E-state index contributed by atoms with van der Waals surface area (Å²) in [4.78, 5) is 16.2. The fourth-order valence-electron chi connectivity index (χ4n) is 2.66. The predicted octanol–water partition coefficient (Wildman–Crippen LogP) is 6.37. The van der Waals surface area contributed by atoms with Gasteiger partial charge in [0.15, 0.2) is 0 Å². The number of anilines is 2. The summed E-state index contributed by atoms with van der Waals surface area (Å²) in [5, 5.41) is 4.57. The third-order valence-electron chi connectivity index (χ3n) is 4.02. The van der Waals surface area contributed by atoms with Crippen LogP contribution < -0.4 is 10.6 Å². The minimum Gasteiger partial charge on any atom is -0.308 e. The first-order chi connectivity index (χ1) is 13.2. The fourth-order valence-corrected chi connectivity index (χ4v) is 2.88. The number of pyridine rings is 1. The van der Waals surface area contributed by atoms with Gasteiger partial charge in [-0.3, -0.25) is 4.98 Å². The highest BCUT2D eigenvalue weighted by Gasteiger charge is 2.33. The molecule has 1 heterocycles. The molecule has 0 saturated carbocycles. The molecule has 0 aliphatic heterocycles. The summed E-state index contributed by atoms with van der Waals surface area (Å²) < 4.78 is 38.8. The first-order valence-electron chi connectivity index (χ1n) is 8.20. The molecule has 3 aromatic rings. The van der Waals surface area contributed by atoms with Gasteiger partial charge < -0.3 is 10.6 Å². The van der Waals surface area contributed by atoms with Crippen molar-refractivity contribution in [2.75, 3.05) is 10.6 Å². The Morgan fingerprint density at radius 2 is 1.57 bits per heavy atom. The molecule has 0 saturated heterocycles. The second kappa shape index (κ2) is 7.90. The molecule has 0 unspecified atom stereocenters. The standard InChI is InChI=1S/C20H15ClF3N3O/c1-12-2-3-14(10-16(12)13-6-8-25-9-7-13)26-19(28)27-15-4-5-18(21)17(11-15)20(22,23)24/h2-11H,1H3,(H2,26,27,28). The van der Waals surface area contributed by atoms with E-state index in [4.69, 9.17) is 11.6 Å². The van der Waals surface area contributed by atoms with Gasteiger partial charge in [-0.25, -0.2) is 4.79 Å². The molecule has 0 spiro atoms. The van der Waals surface area contributed by atoms with Gasteiger partial charge >= 0.3 is 12.2 Å². The molecule has 0 atom stereocenters. The fraction of sp³-hybridized carbons (Fsp3) is 0.100. The number of rotatable bonds is 3. The molecule has 8 heteroatoms. The van der Waals surface area contributed by atoms with Gasteiger partial charge in [-0.15, -0.1) is 0 Å². The van der Waals surface area contributed by atoms with Crippen molar-refractivity contribution < 1.29 is 18.0 Å². The van der Waals surface area contributed by atoms with Crippen LogP contribution in [0.3, 0.4) is 0 Å². The Bertz CT molecular complexity index is 1010. The van der Waals surface area contributed by atoms with Crippen LogP contribution in [0, 0.1) is 6.92 Å². The number of amides is 2. The number of nitrogens with one attached hydrogen (secondary N) is 2. The Kier molecular flexibility index (Phi) is 5.56. The number of aromatic nitrogens is 1. The molecule has 0 radical (unpaired) electrons. The van der Waals surface area contributed by atoms with Crippen molar-refractivity contribution in [1.82, 2.24) is 4.98 Å². The second-order valence-corrected chi connectivity index (χ2v) is 6.44. The van der Waals surface area contributed by atoms with Crippen molar-refractivity contribution in [1.29, 1.82) is 0 Å². The monoisotopic (exact) mass is 405 g/mol. The van der Waals surface area contributed by atoms with E-state index in [1.807, 2.05) is 25.1 Å². The molecule has 4 nitrogen and oxygen atoms in total. The van der Waals surface area contributed by atoms with Gasteiger partial charge in [0.25, 0.3) is 0 Å². The van der Waals surface area contributed by atoms with Gasteiger partial charge in [-0.2, -0.15) is 13.2 Å². The molecule has 0 fully saturated rings. The number of carbonyl (C=O) groups is 1. The van der Waals surface area contributed by atoms with Crippen LogP contribution in [0.4, 0.5) is 29.3 Å². The van der Waals surface area contributed by atoms with E-state index in [0.717, 1.165) is 28.8 Å². The lowest BCUT2D eigenvalue weighted by Gasteiger charge is -2.13. The van der Waals surface area contributed by atoms with Crippen molar-refractivity contribution in [2.45, 2.75) is 13.1 Å². The van der Waals surface area contributed by atoms with Crippen LogP contribution in [-0.4, -0.2) is 11.0 Å². The topological polar surface area (TPSA) is 54.0 Å². The SMILES string of the molecule is Cc1ccc(NC(=O)Nc2ccc(Cl)c(C(F)(F)F)c2)cc1-c1ccncc1. The van der Waals surface area contributed by atoms with E-state index >= 15 is 0 Å². The van der Waals surface area contributed by atoms with Gasteiger partial charge in [0, 0.05) is 23.8 Å². The molecule has 2 N–H and O–H groups in total. The molecule has 28 heavy (non-hydrogen) atoms. The Morgan fingerprint density at radius 3 is 2.21 bits per heavy atom. The summed E-state index contributed by atoms with van der Waals surface area (Å²) >= 11 is 5.58. The van der Waals surface area contributed by atoms with Crippen LogP contribution in [0.5, 0.6) is 0 Å². The van der Waals surface area contributed by atoms with E-state index < -0.39 is 22.8 Å². The molecule has 2 amide bonds. The molecule has 3 rings (SSSR count). The Morgan fingerprint density at radius 1 is 0.964 bits per heavy atom. The lowest BCUT2D eigenvalue weighted by atomic mass is 10.0. The highest BCUT2D eigenvalue weighted by Crippen LogP contribution is 2.36. The molecule has 0 bridgehead atoms. The van der Waals surface area contributed by atoms with E-state index in [1.54, 1.807) is 24.5 Å². The molecule has 0 aliphatic rings. The summed E-state index contributed by atoms with van der Waals surface area (Å²) in [6.45, 7) is 1.94. The molecule has 1 aromatic heterocycles. The van der Waals surface area contributed by atoms with Crippen LogP contribution in [-0.2, 0) is 6.18 Å². The number of alkyl halides is 3. The summed E-state index contributed by atoms with van der Waals surface area (Å²) in [5.41, 5.74) is 2.32. The second-order valence-electron chi connectivity index (χ2n) is 6.04. The third-order valence-corrected chi connectivity index (χ3v) is 4.35. The average molecular weight is 406 g/mol. The number of nitrogens with zero attached hydrogens (tertiary/aromatic N) is 1. The number of carbonyl (C=O) groups excluding carboxylic acids is 1. The first kappa shape index (κ1) is 19.7. The zero-order valence-corrected chi connectivity index (χ0v) is 15.4. The largest absolute Gasteiger partial charge is 0.417 e. The van der Waals surface area contributed by atoms with Crippen LogP contribution in [0.15, 0.2) is 60.9 Å². The van der Waals surface area contributed by atoms with Crippen LogP contribution in [0.1, 0.15) is 11.1 Å². The lowest BCUT2D eigenvalue weighted by Crippen LogP contribution is -2.20. The summed E-state index contributed by atoms with van der Waals surface area (Å²) in [6, 6.07) is 11.5. The maximum Gasteiger partial charge on any atom is 0.417 e. The van der Waals surface area contributed by atoms with Gasteiger partial charge in [-0.1, -0.05) is 17.7 Å². The van der Waals surface area contributed by atoms with Gasteiger partial charge in [0.1, 0.15) is 0 Å². The number of aryl methyl sites for hydroxylation is 1. The number of benzene rings is 2. The average Bonchev–Trinajstić information content (AvgIpc) is 2.64. The van der Waals surface area contributed by atoms with Crippen molar-refractivity contribution in [3.8, 4) is 11.1 Å². The van der Waals surface area contributed by atoms with E-state index in [1.165, 1.54) is 6.07 Å². The minimum absolute atomic E-state index is 0.0179. The number of halogens is 4. The smallest absolute Gasteiger partial charge is 0.308 e. The van der Waals surface area contributed by atoms with Gasteiger partial charge in [-0.05, 0) is 66.1 Å². The zero-order chi connectivity index (χ0) is 20.3. The van der Waals surface area contributed by atoms with E-state index in [-0.39, 0.29) is 5.69 Å². The molecular formula is C20H15ClF3N3O. The minimum atomic E-state index is -4.61. The number of urea groups is 1. The number of hydrogen-bond donors (Lipinski definition) is 2. The molecule has 144 valence electrons. The maximum atomic E-state index is 12.9. The zero-order valence-electron chi connectivity index (χ0n) is 14.6. The van der Waals surface area contributed by atoms with Crippen molar-refractivity contribution >= 4 is 29.0 Å². The first-order valence-corrected chi connectivity index (χ1v) is 8.57. The maximum absolute atomic E-state index is 12.9. The molecule has 0 aliphatic carbocycles. The summed E-state index contributed by atoms with van der Waals surface area (Å²) in [7, 11) is 0. The van der Waals surface area contributed by atoms with Crippen LogP contribution in [0.2, 0.25) is 5.02 Å². The van der Waals surface area contributed by atoms with Gasteiger partial charge in [0.05, 0.1) is 10.6 Å². The van der Waals surface area contributed by atoms with Crippen LogP contribution in [0.25, 0.3) is 11.1 Å². The number of hydrogen-bond acceptors (Lipinski definition) is 2. The van der Waals surface area contributed by atoms with E-state index in [2.05, 4.69) is 15.6 Å². The Balaban J connectivity index is 1.77. The molecular weight excluding hydrogens is 391 g/mol. The highest BCUT2D eigenvalue weighted by atomic mass is 35.5. The third kappa shape index (κ3) is 4.61. The normalized spacial score (nSPS) is 11.2. The lowest BCUT2D eigenvalue weighted by molar-refractivity contribution is -0.137. The predicted molar refractivity (Wildman–Crippen MR) is 104 cm³/mol. The van der Waals surface area contributed by atoms with Crippen LogP contribution >= 0.6 is 11.6 Å². The summed E-state index contributed by atoms with van der Waals surface area (Å²) in [5.74, 6) is 0. The van der Waals surface area contributed by atoms with Gasteiger partial charge in [0.2, 0.25) is 0 Å². The quantitative estimate of drug-likeness (QED) is 0.531. The van der Waals surface area contributed by atoms with Crippen molar-refractivity contribution in [3.63, 3.8) is 0 Å². The summed E-state index contributed by atoms with van der Waals surface area (Å²) in [6.07, 6.45) is -1.28. The van der Waals surface area contributed by atoms with E-state index in [0.29, 0.717) is 5.69 Å². The molecule has 2 aromatic carbocycles. The Labute approximate surface area is 164 Å². The highest BCUT2D eigenvalue weighted by molar-refractivity contribution is 6.31. The van der Waals surface area contributed by atoms with Crippen molar-refractivity contribution in [2.24, 2.45) is 0 Å². The Hall–Kier alpha value is -3.06.